The smallest absolute Gasteiger partial charge is 0.331 e. The molecule has 0 amide bonds. The van der Waals surface area contributed by atoms with Crippen molar-refractivity contribution >= 4 is 5.97 Å². The van der Waals surface area contributed by atoms with Crippen molar-refractivity contribution in [1.82, 2.24) is 0 Å². The molecule has 4 saturated carbocycles. The molecular formula is C30H44O9. The molecule has 7 aliphatic rings. The van der Waals surface area contributed by atoms with E-state index in [1.807, 2.05) is 0 Å². The molecule has 9 heteroatoms. The second kappa shape index (κ2) is 8.96. The van der Waals surface area contributed by atoms with Crippen LogP contribution in [0.1, 0.15) is 65.7 Å². The summed E-state index contributed by atoms with van der Waals surface area (Å²) in [5, 5.41) is 33.6. The molecule has 0 aromatic heterocycles. The van der Waals surface area contributed by atoms with E-state index in [1.165, 1.54) is 7.11 Å². The third kappa shape index (κ3) is 3.60. The second-order valence-electron chi connectivity index (χ2n) is 14.0. The van der Waals surface area contributed by atoms with Crippen molar-refractivity contribution in [2.75, 3.05) is 13.7 Å². The number of hydrogen-bond acceptors (Lipinski definition) is 9. The predicted octanol–water partition coefficient (Wildman–Crippen LogP) is 2.10. The second-order valence-corrected chi connectivity index (χ2v) is 14.0. The van der Waals surface area contributed by atoms with Crippen LogP contribution in [0.2, 0.25) is 0 Å². The van der Waals surface area contributed by atoms with E-state index in [2.05, 4.69) is 13.8 Å². The lowest BCUT2D eigenvalue weighted by atomic mass is 9.43. The van der Waals surface area contributed by atoms with Gasteiger partial charge in [0.1, 0.15) is 24.9 Å². The van der Waals surface area contributed by atoms with Crippen LogP contribution >= 0.6 is 0 Å². The number of carbonyl (C=O) groups is 1. The molecule has 0 aromatic carbocycles. The van der Waals surface area contributed by atoms with E-state index in [9.17, 15) is 20.1 Å². The summed E-state index contributed by atoms with van der Waals surface area (Å²) in [5.41, 5.74) is -0.169. The Hall–Kier alpha value is -1.07. The van der Waals surface area contributed by atoms with Crippen LogP contribution in [-0.4, -0.2) is 89.6 Å². The van der Waals surface area contributed by atoms with Crippen LogP contribution in [-0.2, 0) is 28.5 Å². The van der Waals surface area contributed by atoms with Gasteiger partial charge < -0.3 is 39.0 Å². The molecule has 0 unspecified atom stereocenters. The number of esters is 1. The van der Waals surface area contributed by atoms with Gasteiger partial charge in [0.05, 0.1) is 30.0 Å². The quantitative estimate of drug-likeness (QED) is 0.275. The first-order valence-corrected chi connectivity index (χ1v) is 15.0. The lowest BCUT2D eigenvalue weighted by molar-refractivity contribution is -0.313. The van der Waals surface area contributed by atoms with Crippen LogP contribution in [0, 0.1) is 34.5 Å². The zero-order valence-corrected chi connectivity index (χ0v) is 23.5. The lowest BCUT2D eigenvalue weighted by Crippen LogP contribution is -2.65. The number of hydrogen-bond donors (Lipinski definition) is 3. The topological polar surface area (TPSA) is 127 Å². The van der Waals surface area contributed by atoms with Crippen molar-refractivity contribution in [3.05, 3.63) is 11.6 Å². The van der Waals surface area contributed by atoms with E-state index in [1.54, 1.807) is 13.0 Å². The van der Waals surface area contributed by atoms with Gasteiger partial charge in [0.25, 0.3) is 0 Å². The Bertz CT molecular complexity index is 1050. The molecule has 218 valence electrons. The van der Waals surface area contributed by atoms with E-state index in [4.69, 9.17) is 23.7 Å². The molecule has 15 atom stereocenters. The van der Waals surface area contributed by atoms with Crippen molar-refractivity contribution in [1.29, 1.82) is 0 Å². The number of aliphatic hydroxyl groups excluding tert-OH is 2. The molecule has 0 spiro atoms. The van der Waals surface area contributed by atoms with Gasteiger partial charge in [-0.05, 0) is 86.5 Å². The zero-order chi connectivity index (χ0) is 27.5. The number of carbonyl (C=O) groups excluding carboxylic acids is 1. The highest BCUT2D eigenvalue weighted by molar-refractivity contribution is 5.85. The number of rotatable bonds is 4. The molecule has 39 heavy (non-hydrogen) atoms. The van der Waals surface area contributed by atoms with Gasteiger partial charge in [0.15, 0.2) is 6.29 Å². The van der Waals surface area contributed by atoms with Crippen LogP contribution in [0.3, 0.4) is 0 Å². The number of ether oxygens (including phenoxy) is 5. The summed E-state index contributed by atoms with van der Waals surface area (Å²) in [7, 11) is 1.48. The molecule has 9 nitrogen and oxygen atoms in total. The van der Waals surface area contributed by atoms with E-state index < -0.39 is 41.7 Å². The minimum Gasteiger partial charge on any atom is -0.458 e. The normalized spacial score (nSPS) is 58.0. The van der Waals surface area contributed by atoms with Crippen LogP contribution in [0.25, 0.3) is 0 Å². The largest absolute Gasteiger partial charge is 0.458 e. The molecule has 4 aliphatic carbocycles. The van der Waals surface area contributed by atoms with Gasteiger partial charge >= 0.3 is 5.97 Å². The highest BCUT2D eigenvalue weighted by Crippen LogP contribution is 2.74. The van der Waals surface area contributed by atoms with Gasteiger partial charge in [0.2, 0.25) is 0 Å². The minimum absolute atomic E-state index is 0.00192. The molecule has 2 saturated heterocycles. The molecule has 3 N–H and O–H groups in total. The Balaban J connectivity index is 1.09. The minimum atomic E-state index is -1.05. The van der Waals surface area contributed by atoms with Gasteiger partial charge in [-0.15, -0.1) is 0 Å². The molecule has 3 aliphatic heterocycles. The Labute approximate surface area is 230 Å². The number of cyclic esters (lactones) is 1. The average molecular weight is 549 g/mol. The van der Waals surface area contributed by atoms with Crippen LogP contribution in [0.4, 0.5) is 0 Å². The monoisotopic (exact) mass is 548 g/mol. The van der Waals surface area contributed by atoms with E-state index >= 15 is 0 Å². The highest BCUT2D eigenvalue weighted by Gasteiger charge is 2.79. The molecule has 0 radical (unpaired) electrons. The maximum atomic E-state index is 12.5. The Morgan fingerprint density at radius 1 is 1.05 bits per heavy atom. The van der Waals surface area contributed by atoms with E-state index in [0.29, 0.717) is 18.4 Å². The fraction of sp³-hybridized carbons (Fsp3) is 0.900. The van der Waals surface area contributed by atoms with Crippen molar-refractivity contribution in [3.63, 3.8) is 0 Å². The first-order chi connectivity index (χ1) is 18.5. The summed E-state index contributed by atoms with van der Waals surface area (Å²) in [6.07, 6.45) is 3.98. The number of fused-ring (bicyclic) bond motifs is 8. The van der Waals surface area contributed by atoms with Crippen molar-refractivity contribution < 1.29 is 43.8 Å². The predicted molar refractivity (Wildman–Crippen MR) is 137 cm³/mol. The SMILES string of the molecule is CO[C@H]1[C@H](O)[C@H](O[C@H]2CC[C@@]3(C)[C@H](CC[C@@H]4[C@@H]3[C@@H]3O[C@@H]3[C@]3(C)[C@H](C5=CC(=O)OC5)CC[C@]43O)C2)O[C@@H](C)[C@@H]1O. The molecule has 0 aromatic rings. The first-order valence-electron chi connectivity index (χ1n) is 15.0. The summed E-state index contributed by atoms with van der Waals surface area (Å²) in [6, 6.07) is 0. The average Bonchev–Trinajstić information content (AvgIpc) is 3.51. The Morgan fingerprint density at radius 3 is 2.56 bits per heavy atom. The van der Waals surface area contributed by atoms with E-state index in [0.717, 1.165) is 50.5 Å². The Kier molecular flexibility index (Phi) is 6.16. The standard InChI is InChI=1S/C30H44O9/c1-14-22(32)25(35-4)23(33)27(37-14)38-17-7-9-28(2)16(12-17)5-6-19-21(28)24-26(39-24)29(3)18(8-10-30(19,29)34)15-11-20(31)36-13-15/h11,14,16-19,21-27,32-34H,5-10,12-13H2,1-4H3/t14-,16+,17-,18-,19+,21+,22-,23-,24-,25+,26-,27-,28-,29-,30-/m0/s1. The number of epoxide rings is 1. The highest BCUT2D eigenvalue weighted by atomic mass is 16.7. The number of methoxy groups -OCH3 is 1. The summed E-state index contributed by atoms with van der Waals surface area (Å²) >= 11 is 0. The van der Waals surface area contributed by atoms with Crippen molar-refractivity contribution in [3.8, 4) is 0 Å². The van der Waals surface area contributed by atoms with Crippen molar-refractivity contribution in [2.45, 2.75) is 120 Å². The summed E-state index contributed by atoms with van der Waals surface area (Å²) in [5.74, 6) is 0.727. The molecule has 6 fully saturated rings. The zero-order valence-electron chi connectivity index (χ0n) is 23.5. The lowest BCUT2D eigenvalue weighted by Gasteiger charge is -2.62. The summed E-state index contributed by atoms with van der Waals surface area (Å²) in [6.45, 7) is 6.71. The fourth-order valence-corrected chi connectivity index (χ4v) is 10.4. The van der Waals surface area contributed by atoms with Gasteiger partial charge in [-0.1, -0.05) is 13.8 Å². The Morgan fingerprint density at radius 2 is 1.85 bits per heavy atom. The fourth-order valence-electron chi connectivity index (χ4n) is 10.4. The van der Waals surface area contributed by atoms with Gasteiger partial charge in [-0.2, -0.15) is 0 Å². The molecule has 3 heterocycles. The van der Waals surface area contributed by atoms with Crippen LogP contribution < -0.4 is 0 Å². The van der Waals surface area contributed by atoms with Gasteiger partial charge in [-0.25, -0.2) is 4.79 Å². The first kappa shape index (κ1) is 26.8. The molecule has 7 rings (SSSR count). The summed E-state index contributed by atoms with van der Waals surface area (Å²) < 4.78 is 29.4. The van der Waals surface area contributed by atoms with Gasteiger partial charge in [0, 0.05) is 18.6 Å². The maximum Gasteiger partial charge on any atom is 0.331 e. The molecular weight excluding hydrogens is 504 g/mol. The number of aliphatic hydroxyl groups is 3. The van der Waals surface area contributed by atoms with Crippen LogP contribution in [0.15, 0.2) is 11.6 Å². The third-order valence-electron chi connectivity index (χ3n) is 12.6. The third-order valence-corrected chi connectivity index (χ3v) is 12.6. The maximum absolute atomic E-state index is 12.5. The van der Waals surface area contributed by atoms with Crippen LogP contribution in [0.5, 0.6) is 0 Å². The summed E-state index contributed by atoms with van der Waals surface area (Å²) in [4.78, 5) is 11.9. The van der Waals surface area contributed by atoms with E-state index in [-0.39, 0.29) is 41.5 Å². The van der Waals surface area contributed by atoms with Gasteiger partial charge in [-0.3, -0.25) is 0 Å². The van der Waals surface area contributed by atoms with Crippen molar-refractivity contribution in [2.24, 2.45) is 34.5 Å². The molecule has 0 bridgehead atoms.